The summed E-state index contributed by atoms with van der Waals surface area (Å²) in [5, 5.41) is 31.9. The number of Topliss-reactive ketones (excluding diaryl/α,β-unsaturated/α-hetero) is 1. The molecule has 0 saturated heterocycles. The number of alkyl halides is 1. The van der Waals surface area contributed by atoms with Crippen molar-refractivity contribution in [3.05, 3.63) is 22.8 Å². The smallest absolute Gasteiger partial charge is 0.190 e. The lowest BCUT2D eigenvalue weighted by Gasteiger charge is -2.60. The molecule has 3 N–H and O–H groups in total. The van der Waals surface area contributed by atoms with Gasteiger partial charge in [0.1, 0.15) is 18.4 Å². The lowest BCUT2D eigenvalue weighted by molar-refractivity contribution is -0.181. The second kappa shape index (κ2) is 6.21. The molecule has 7 heteroatoms. The van der Waals surface area contributed by atoms with Crippen molar-refractivity contribution < 1.29 is 29.3 Å². The number of aliphatic hydroxyl groups excluding tert-OH is 2. The molecule has 0 amide bonds. The van der Waals surface area contributed by atoms with Crippen LogP contribution in [0.2, 0.25) is 0 Å². The largest absolute Gasteiger partial charge is 0.393 e. The number of carbonyl (C=O) groups is 2. The average molecular weight is 413 g/mol. The third-order valence-electron chi connectivity index (χ3n) is 8.36. The Balaban J connectivity index is 1.81. The SMILES string of the molecule is C[C@]12C(Cl)=CC(=O)C=C1[C@@H](F)C[C@@H]1[C@@H]2C(O)C[C@@]2(C)[C@H]1CC[C@]2(O)C(=O)CO. The zero-order valence-electron chi connectivity index (χ0n) is 16.0. The minimum atomic E-state index is -1.73. The molecule has 3 saturated carbocycles. The van der Waals surface area contributed by atoms with Gasteiger partial charge < -0.3 is 15.3 Å². The molecule has 4 aliphatic carbocycles. The third kappa shape index (κ3) is 2.29. The molecule has 0 aromatic heterocycles. The maximum atomic E-state index is 15.3. The van der Waals surface area contributed by atoms with Crippen molar-refractivity contribution in [3.8, 4) is 0 Å². The minimum absolute atomic E-state index is 0.115. The van der Waals surface area contributed by atoms with Gasteiger partial charge in [0, 0.05) is 27.9 Å². The summed E-state index contributed by atoms with van der Waals surface area (Å²) in [5.74, 6) is -1.91. The molecule has 5 nitrogen and oxygen atoms in total. The number of rotatable bonds is 2. The van der Waals surface area contributed by atoms with Crippen LogP contribution in [0.5, 0.6) is 0 Å². The molecule has 28 heavy (non-hydrogen) atoms. The van der Waals surface area contributed by atoms with Crippen LogP contribution in [0.4, 0.5) is 4.39 Å². The van der Waals surface area contributed by atoms with Gasteiger partial charge >= 0.3 is 0 Å². The molecule has 1 unspecified atom stereocenters. The monoisotopic (exact) mass is 412 g/mol. The van der Waals surface area contributed by atoms with E-state index in [4.69, 9.17) is 11.6 Å². The Bertz CT molecular complexity index is 809. The Morgan fingerprint density at radius 2 is 2.04 bits per heavy atom. The second-order valence-corrected chi connectivity index (χ2v) is 9.77. The van der Waals surface area contributed by atoms with Crippen molar-refractivity contribution in [1.29, 1.82) is 0 Å². The molecule has 0 bridgehead atoms. The van der Waals surface area contributed by atoms with E-state index in [-0.39, 0.29) is 41.9 Å². The molecule has 0 heterocycles. The van der Waals surface area contributed by atoms with Gasteiger partial charge in [-0.2, -0.15) is 0 Å². The van der Waals surface area contributed by atoms with Crippen molar-refractivity contribution >= 4 is 23.2 Å². The van der Waals surface area contributed by atoms with E-state index in [9.17, 15) is 24.9 Å². The lowest BCUT2D eigenvalue weighted by Crippen LogP contribution is -2.63. The number of halogens is 2. The van der Waals surface area contributed by atoms with Crippen molar-refractivity contribution in [2.75, 3.05) is 6.61 Å². The molecule has 0 aromatic rings. The van der Waals surface area contributed by atoms with Crippen LogP contribution in [0.3, 0.4) is 0 Å². The van der Waals surface area contributed by atoms with Crippen molar-refractivity contribution in [2.24, 2.45) is 28.6 Å². The van der Waals surface area contributed by atoms with E-state index in [2.05, 4.69) is 0 Å². The topological polar surface area (TPSA) is 94.8 Å². The van der Waals surface area contributed by atoms with Crippen molar-refractivity contribution in [1.82, 2.24) is 0 Å². The number of fused-ring (bicyclic) bond motifs is 5. The molecule has 8 atom stereocenters. The van der Waals surface area contributed by atoms with Gasteiger partial charge in [-0.25, -0.2) is 4.39 Å². The number of hydrogen-bond donors (Lipinski definition) is 3. The van der Waals surface area contributed by atoms with E-state index in [1.165, 1.54) is 12.2 Å². The van der Waals surface area contributed by atoms with Gasteiger partial charge in [-0.05, 0) is 49.2 Å². The van der Waals surface area contributed by atoms with E-state index in [1.54, 1.807) is 13.8 Å². The van der Waals surface area contributed by atoms with Gasteiger partial charge in [-0.3, -0.25) is 9.59 Å². The Labute approximate surface area is 168 Å². The summed E-state index contributed by atoms with van der Waals surface area (Å²) in [4.78, 5) is 24.3. The highest BCUT2D eigenvalue weighted by Gasteiger charge is 2.69. The van der Waals surface area contributed by atoms with Crippen LogP contribution in [0, 0.1) is 28.6 Å². The Hall–Kier alpha value is -1.08. The van der Waals surface area contributed by atoms with Crippen LogP contribution in [0.15, 0.2) is 22.8 Å². The van der Waals surface area contributed by atoms with Gasteiger partial charge in [0.05, 0.1) is 6.10 Å². The third-order valence-corrected chi connectivity index (χ3v) is 8.86. The van der Waals surface area contributed by atoms with Crippen molar-refractivity contribution in [3.63, 3.8) is 0 Å². The molecule has 154 valence electrons. The fraction of sp³-hybridized carbons (Fsp3) is 0.714. The van der Waals surface area contributed by atoms with Crippen LogP contribution < -0.4 is 0 Å². The first kappa shape index (κ1) is 20.2. The first-order chi connectivity index (χ1) is 13.0. The van der Waals surface area contributed by atoms with Crippen LogP contribution in [0.1, 0.15) is 39.5 Å². The molecular formula is C21H26ClFO5. The Kier molecular flexibility index (Phi) is 4.48. The number of carbonyl (C=O) groups excluding carboxylic acids is 2. The minimum Gasteiger partial charge on any atom is -0.393 e. The highest BCUT2D eigenvalue weighted by atomic mass is 35.5. The van der Waals surface area contributed by atoms with Gasteiger partial charge in [0.2, 0.25) is 0 Å². The molecule has 4 rings (SSSR count). The number of allylic oxidation sites excluding steroid dienone is 4. The maximum Gasteiger partial charge on any atom is 0.190 e. The highest BCUT2D eigenvalue weighted by Crippen LogP contribution is 2.68. The molecule has 0 aromatic carbocycles. The number of ketones is 2. The predicted molar refractivity (Wildman–Crippen MR) is 100 cm³/mol. The number of hydrogen-bond acceptors (Lipinski definition) is 5. The van der Waals surface area contributed by atoms with Gasteiger partial charge in [0.15, 0.2) is 11.6 Å². The summed E-state index contributed by atoms with van der Waals surface area (Å²) in [5.41, 5.74) is -3.36. The zero-order valence-corrected chi connectivity index (χ0v) is 16.7. The predicted octanol–water partition coefficient (Wildman–Crippen LogP) is 2.07. The Morgan fingerprint density at radius 1 is 1.36 bits per heavy atom. The highest BCUT2D eigenvalue weighted by molar-refractivity contribution is 6.33. The quantitative estimate of drug-likeness (QED) is 0.645. The molecule has 4 aliphatic rings. The summed E-state index contributed by atoms with van der Waals surface area (Å²) >= 11 is 6.47. The van der Waals surface area contributed by atoms with Crippen LogP contribution in [-0.2, 0) is 9.59 Å². The van der Waals surface area contributed by atoms with E-state index >= 15 is 4.39 Å². The van der Waals surface area contributed by atoms with Gasteiger partial charge in [-0.15, -0.1) is 0 Å². The van der Waals surface area contributed by atoms with Gasteiger partial charge in [-0.1, -0.05) is 25.4 Å². The van der Waals surface area contributed by atoms with Crippen molar-refractivity contribution in [2.45, 2.75) is 57.4 Å². The second-order valence-electron chi connectivity index (χ2n) is 9.37. The Morgan fingerprint density at radius 3 is 2.68 bits per heavy atom. The molecule has 3 fully saturated rings. The summed E-state index contributed by atoms with van der Waals surface area (Å²) in [6.45, 7) is 2.77. The van der Waals surface area contributed by atoms with E-state index < -0.39 is 47.0 Å². The summed E-state index contributed by atoms with van der Waals surface area (Å²) in [6.07, 6.45) is 1.24. The summed E-state index contributed by atoms with van der Waals surface area (Å²) in [7, 11) is 0. The van der Waals surface area contributed by atoms with E-state index in [0.717, 1.165) is 0 Å². The van der Waals surface area contributed by atoms with Gasteiger partial charge in [0.25, 0.3) is 0 Å². The average Bonchev–Trinajstić information content (AvgIpc) is 2.88. The van der Waals surface area contributed by atoms with Crippen LogP contribution in [-0.4, -0.2) is 51.4 Å². The normalized spacial score (nSPS) is 50.2. The van der Waals surface area contributed by atoms with Crippen LogP contribution >= 0.6 is 11.6 Å². The zero-order chi connectivity index (χ0) is 20.6. The molecule has 0 spiro atoms. The maximum absolute atomic E-state index is 15.3. The fourth-order valence-electron chi connectivity index (χ4n) is 6.98. The molecule has 0 aliphatic heterocycles. The first-order valence-corrected chi connectivity index (χ1v) is 10.2. The standard InChI is InChI=1S/C21H26ClFO5/c1-19-8-15(26)18-11(12(19)3-4-21(19,28)17(27)9-24)7-14(23)13-5-10(25)6-16(22)20(13,18)2/h5-6,11-12,14-15,18,24,26,28H,3-4,7-9H2,1-2H3/t11-,12-,14-,15?,18+,19-,20+,21-/m0/s1. The summed E-state index contributed by atoms with van der Waals surface area (Å²) in [6, 6.07) is 0. The number of aliphatic hydroxyl groups is 3. The lowest BCUT2D eigenvalue weighted by atomic mass is 9.46. The molecule has 0 radical (unpaired) electrons. The van der Waals surface area contributed by atoms with Crippen LogP contribution in [0.25, 0.3) is 0 Å². The molecular weight excluding hydrogens is 387 g/mol. The fourth-order valence-corrected chi connectivity index (χ4v) is 7.33. The van der Waals surface area contributed by atoms with E-state index in [0.29, 0.717) is 12.0 Å². The van der Waals surface area contributed by atoms with E-state index in [1.807, 2.05) is 0 Å². The first-order valence-electron chi connectivity index (χ1n) is 9.83. The summed E-state index contributed by atoms with van der Waals surface area (Å²) < 4.78 is 15.3.